The Morgan fingerprint density at radius 2 is 2.05 bits per heavy atom. The number of benzene rings is 1. The normalized spacial score (nSPS) is 11.4. The van der Waals surface area contributed by atoms with Crippen molar-refractivity contribution in [1.82, 2.24) is 5.32 Å². The highest BCUT2D eigenvalue weighted by molar-refractivity contribution is 5.99. The summed E-state index contributed by atoms with van der Waals surface area (Å²) in [5.41, 5.74) is 1.29. The molecule has 1 rings (SSSR count). The molecule has 0 fully saturated rings. The quantitative estimate of drug-likeness (QED) is 0.734. The van der Waals surface area contributed by atoms with Crippen LogP contribution in [0.25, 0.3) is 0 Å². The van der Waals surface area contributed by atoms with Crippen LogP contribution in [0.5, 0.6) is 0 Å². The molecular weight excluding hydrogens is 248 g/mol. The van der Waals surface area contributed by atoms with Crippen LogP contribution >= 0.6 is 0 Å². The third-order valence-electron chi connectivity index (χ3n) is 2.35. The van der Waals surface area contributed by atoms with Crippen LogP contribution in [0, 0.1) is 11.3 Å². The van der Waals surface area contributed by atoms with Crippen molar-refractivity contribution >= 4 is 11.9 Å². The summed E-state index contributed by atoms with van der Waals surface area (Å²) in [5.74, 6) is -2.02. The zero-order chi connectivity index (χ0) is 14.3. The van der Waals surface area contributed by atoms with Gasteiger partial charge in [0.15, 0.2) is 0 Å². The van der Waals surface area contributed by atoms with Gasteiger partial charge in [-0.05, 0) is 24.6 Å². The van der Waals surface area contributed by atoms with Crippen molar-refractivity contribution in [3.8, 4) is 6.07 Å². The highest BCUT2D eigenvalue weighted by Crippen LogP contribution is 2.03. The zero-order valence-electron chi connectivity index (χ0n) is 10.4. The van der Waals surface area contributed by atoms with E-state index in [0.717, 1.165) is 5.56 Å². The van der Waals surface area contributed by atoms with Crippen LogP contribution in [-0.2, 0) is 20.9 Å². The fourth-order valence-electron chi connectivity index (χ4n) is 1.40. The maximum absolute atomic E-state index is 11.6. The number of ether oxygens (including phenoxy) is 1. The molecule has 100 valence electrons. The average molecular weight is 262 g/mol. The number of hydrogen-bond acceptors (Lipinski definition) is 4. The minimum absolute atomic E-state index is 0.140. The van der Waals surface area contributed by atoms with Crippen LogP contribution in [0.15, 0.2) is 24.3 Å². The van der Waals surface area contributed by atoms with Gasteiger partial charge in [-0.3, -0.25) is 4.79 Å². The van der Waals surface area contributed by atoms with Gasteiger partial charge in [0.1, 0.15) is 0 Å². The fraction of sp³-hybridized carbons (Fsp3) is 0.308. The summed E-state index contributed by atoms with van der Waals surface area (Å²) in [7, 11) is 0. The number of aliphatic carboxylic acids is 1. The number of carbonyl (C=O) groups is 2. The van der Waals surface area contributed by atoms with Crippen LogP contribution in [0.2, 0.25) is 0 Å². The third kappa shape index (κ3) is 4.41. The SMILES string of the molecule is CCO[C@H](C(=O)O)C(=O)NCc1ccc(C#N)cc1. The van der Waals surface area contributed by atoms with Gasteiger partial charge in [-0.15, -0.1) is 0 Å². The first-order valence-electron chi connectivity index (χ1n) is 5.69. The molecule has 19 heavy (non-hydrogen) atoms. The lowest BCUT2D eigenvalue weighted by Gasteiger charge is -2.12. The van der Waals surface area contributed by atoms with Crippen molar-refractivity contribution in [2.75, 3.05) is 6.61 Å². The average Bonchev–Trinajstić information content (AvgIpc) is 2.42. The zero-order valence-corrected chi connectivity index (χ0v) is 10.4. The molecule has 0 unspecified atom stereocenters. The van der Waals surface area contributed by atoms with E-state index in [4.69, 9.17) is 15.1 Å². The standard InChI is InChI=1S/C13H14N2O4/c1-2-19-11(13(17)18)12(16)15-8-10-5-3-9(7-14)4-6-10/h3-6,11H,2,8H2,1H3,(H,15,16)(H,17,18)/t11-/m0/s1. The van der Waals surface area contributed by atoms with E-state index in [1.807, 2.05) is 6.07 Å². The first-order chi connectivity index (χ1) is 9.08. The Labute approximate surface area is 110 Å². The van der Waals surface area contributed by atoms with Crippen molar-refractivity contribution in [3.05, 3.63) is 35.4 Å². The second-order valence-electron chi connectivity index (χ2n) is 3.70. The van der Waals surface area contributed by atoms with Gasteiger partial charge in [0.05, 0.1) is 11.6 Å². The first-order valence-corrected chi connectivity index (χ1v) is 5.69. The van der Waals surface area contributed by atoms with E-state index < -0.39 is 18.0 Å². The maximum Gasteiger partial charge on any atom is 0.342 e. The third-order valence-corrected chi connectivity index (χ3v) is 2.35. The minimum atomic E-state index is -1.50. The van der Waals surface area contributed by atoms with Gasteiger partial charge in [-0.2, -0.15) is 5.26 Å². The summed E-state index contributed by atoms with van der Waals surface area (Å²) >= 11 is 0. The van der Waals surface area contributed by atoms with E-state index in [2.05, 4.69) is 5.32 Å². The van der Waals surface area contributed by atoms with E-state index in [9.17, 15) is 9.59 Å². The summed E-state index contributed by atoms with van der Waals surface area (Å²) in [6, 6.07) is 8.61. The summed E-state index contributed by atoms with van der Waals surface area (Å²) in [6.07, 6.45) is -1.50. The van der Waals surface area contributed by atoms with Gasteiger partial charge in [0, 0.05) is 13.2 Å². The molecule has 0 aliphatic rings. The van der Waals surface area contributed by atoms with E-state index >= 15 is 0 Å². The molecule has 0 saturated heterocycles. The molecule has 1 atom stereocenters. The Kier molecular flexibility index (Phi) is 5.51. The first kappa shape index (κ1) is 14.7. The molecule has 0 radical (unpaired) electrons. The van der Waals surface area contributed by atoms with Gasteiger partial charge in [0.2, 0.25) is 6.10 Å². The Hall–Kier alpha value is -2.39. The van der Waals surface area contributed by atoms with Crippen LogP contribution in [0.1, 0.15) is 18.1 Å². The van der Waals surface area contributed by atoms with Crippen molar-refractivity contribution in [2.45, 2.75) is 19.6 Å². The number of amides is 1. The molecule has 0 saturated carbocycles. The number of carboxylic acid groups (broad SMARTS) is 1. The smallest absolute Gasteiger partial charge is 0.342 e. The molecule has 0 bridgehead atoms. The van der Waals surface area contributed by atoms with Crippen molar-refractivity contribution in [1.29, 1.82) is 5.26 Å². The number of hydrogen-bond donors (Lipinski definition) is 2. The summed E-state index contributed by atoms with van der Waals surface area (Å²) in [6.45, 7) is 1.94. The molecule has 0 heterocycles. The lowest BCUT2D eigenvalue weighted by atomic mass is 10.1. The van der Waals surface area contributed by atoms with E-state index in [0.29, 0.717) is 5.56 Å². The Bertz CT molecular complexity index is 490. The van der Waals surface area contributed by atoms with Gasteiger partial charge >= 0.3 is 5.97 Å². The number of carboxylic acids is 1. The van der Waals surface area contributed by atoms with Crippen LogP contribution in [0.4, 0.5) is 0 Å². The molecule has 1 amide bonds. The van der Waals surface area contributed by atoms with Crippen LogP contribution in [0.3, 0.4) is 0 Å². The number of rotatable bonds is 6. The second kappa shape index (κ2) is 7.13. The number of nitrogens with zero attached hydrogens (tertiary/aromatic N) is 1. The van der Waals surface area contributed by atoms with Crippen LogP contribution < -0.4 is 5.32 Å². The Balaban J connectivity index is 2.57. The lowest BCUT2D eigenvalue weighted by Crippen LogP contribution is -2.41. The predicted molar refractivity (Wildman–Crippen MR) is 66.1 cm³/mol. The molecular formula is C13H14N2O4. The number of carbonyl (C=O) groups excluding carboxylic acids is 1. The topological polar surface area (TPSA) is 99.4 Å². The summed E-state index contributed by atoms with van der Waals surface area (Å²) in [5, 5.41) is 19.9. The van der Waals surface area contributed by atoms with Gasteiger partial charge < -0.3 is 15.2 Å². The molecule has 6 nitrogen and oxygen atoms in total. The van der Waals surface area contributed by atoms with Gasteiger partial charge in [-0.1, -0.05) is 12.1 Å². The van der Waals surface area contributed by atoms with Gasteiger partial charge in [0.25, 0.3) is 5.91 Å². The largest absolute Gasteiger partial charge is 0.479 e. The molecule has 1 aromatic carbocycles. The Morgan fingerprint density at radius 3 is 2.53 bits per heavy atom. The van der Waals surface area contributed by atoms with E-state index in [-0.39, 0.29) is 13.2 Å². The van der Waals surface area contributed by atoms with Crippen molar-refractivity contribution < 1.29 is 19.4 Å². The highest BCUT2D eigenvalue weighted by atomic mass is 16.5. The lowest BCUT2D eigenvalue weighted by molar-refractivity contribution is -0.156. The van der Waals surface area contributed by atoms with Crippen molar-refractivity contribution in [3.63, 3.8) is 0 Å². The molecule has 1 aromatic rings. The van der Waals surface area contributed by atoms with E-state index in [1.54, 1.807) is 31.2 Å². The molecule has 6 heteroatoms. The monoisotopic (exact) mass is 262 g/mol. The second-order valence-corrected chi connectivity index (χ2v) is 3.70. The van der Waals surface area contributed by atoms with Crippen LogP contribution in [-0.4, -0.2) is 29.7 Å². The highest BCUT2D eigenvalue weighted by Gasteiger charge is 2.26. The minimum Gasteiger partial charge on any atom is -0.479 e. The number of nitrogens with one attached hydrogen (secondary N) is 1. The molecule has 0 aromatic heterocycles. The van der Waals surface area contributed by atoms with Gasteiger partial charge in [-0.25, -0.2) is 4.79 Å². The Morgan fingerprint density at radius 1 is 1.42 bits per heavy atom. The maximum atomic E-state index is 11.6. The molecule has 2 N–H and O–H groups in total. The summed E-state index contributed by atoms with van der Waals surface area (Å²) in [4.78, 5) is 22.4. The molecule has 0 spiro atoms. The molecule has 0 aliphatic carbocycles. The molecule has 0 aliphatic heterocycles. The number of nitriles is 1. The van der Waals surface area contributed by atoms with E-state index in [1.165, 1.54) is 0 Å². The summed E-state index contributed by atoms with van der Waals surface area (Å²) < 4.78 is 4.84. The van der Waals surface area contributed by atoms with Crippen molar-refractivity contribution in [2.24, 2.45) is 0 Å². The fourth-order valence-corrected chi connectivity index (χ4v) is 1.40. The predicted octanol–water partition coefficient (Wildman–Crippen LogP) is 0.664.